The summed E-state index contributed by atoms with van der Waals surface area (Å²) in [6.45, 7) is 5.99. The average Bonchev–Trinajstić information content (AvgIpc) is 2.88. The zero-order valence-electron chi connectivity index (χ0n) is 20.4. The highest BCUT2D eigenvalue weighted by atomic mass is 35.5. The Morgan fingerprint density at radius 1 is 1.14 bits per heavy atom. The number of rotatable bonds is 6. The van der Waals surface area contributed by atoms with E-state index in [1.54, 1.807) is 12.1 Å². The number of halogens is 1. The SMILES string of the molecule is Cc1nc(Oc2ccc3c(c2)OC(N)=C(C#N)C3c2ccccc2Cl)cc(N2CCN(CCO)CC2)n1. The van der Waals surface area contributed by atoms with Gasteiger partial charge in [0.25, 0.3) is 0 Å². The normalized spacial score (nSPS) is 17.7. The fourth-order valence-electron chi connectivity index (χ4n) is 4.73. The number of hydrogen-bond donors (Lipinski definition) is 2. The molecule has 0 amide bonds. The number of aliphatic hydroxyl groups is 1. The van der Waals surface area contributed by atoms with Gasteiger partial charge in [0.05, 0.1) is 12.5 Å². The van der Waals surface area contributed by atoms with Gasteiger partial charge in [0.15, 0.2) is 0 Å². The highest BCUT2D eigenvalue weighted by Crippen LogP contribution is 2.45. The lowest BCUT2D eigenvalue weighted by atomic mass is 9.83. The van der Waals surface area contributed by atoms with Gasteiger partial charge in [-0.3, -0.25) is 4.90 Å². The Hall–Kier alpha value is -3.84. The largest absolute Gasteiger partial charge is 0.440 e. The van der Waals surface area contributed by atoms with Crippen molar-refractivity contribution in [3.8, 4) is 23.4 Å². The second kappa shape index (κ2) is 10.6. The number of benzene rings is 2. The summed E-state index contributed by atoms with van der Waals surface area (Å²) in [4.78, 5) is 13.5. The van der Waals surface area contributed by atoms with Crippen molar-refractivity contribution in [2.45, 2.75) is 12.8 Å². The maximum atomic E-state index is 9.79. The van der Waals surface area contributed by atoms with E-state index in [2.05, 4.69) is 25.8 Å². The van der Waals surface area contributed by atoms with E-state index in [9.17, 15) is 10.4 Å². The molecule has 5 rings (SSSR count). The molecule has 1 saturated heterocycles. The number of nitriles is 1. The van der Waals surface area contributed by atoms with Crippen molar-refractivity contribution in [3.63, 3.8) is 0 Å². The number of aromatic nitrogens is 2. The smallest absolute Gasteiger partial charge is 0.224 e. The molecule has 2 aliphatic rings. The first-order chi connectivity index (χ1) is 18.0. The third-order valence-electron chi connectivity index (χ3n) is 6.54. The number of nitrogens with two attached hydrogens (primary N) is 1. The average molecular weight is 519 g/mol. The van der Waals surface area contributed by atoms with Gasteiger partial charge in [-0.15, -0.1) is 0 Å². The van der Waals surface area contributed by atoms with E-state index in [0.29, 0.717) is 40.3 Å². The van der Waals surface area contributed by atoms with Gasteiger partial charge in [-0.25, -0.2) is 4.98 Å². The molecule has 2 aromatic carbocycles. The quantitative estimate of drug-likeness (QED) is 0.504. The maximum absolute atomic E-state index is 9.79. The molecule has 10 heteroatoms. The van der Waals surface area contributed by atoms with Crippen molar-refractivity contribution < 1.29 is 14.6 Å². The number of aliphatic hydroxyl groups excluding tert-OH is 1. The maximum Gasteiger partial charge on any atom is 0.224 e. The summed E-state index contributed by atoms with van der Waals surface area (Å²) in [5, 5.41) is 19.5. The third-order valence-corrected chi connectivity index (χ3v) is 6.89. The molecule has 2 aliphatic heterocycles. The van der Waals surface area contributed by atoms with E-state index < -0.39 is 5.92 Å². The first-order valence-electron chi connectivity index (χ1n) is 12.0. The van der Waals surface area contributed by atoms with E-state index in [-0.39, 0.29) is 12.5 Å². The van der Waals surface area contributed by atoms with E-state index in [1.165, 1.54) is 0 Å². The number of ether oxygens (including phenoxy) is 2. The fourth-order valence-corrected chi connectivity index (χ4v) is 4.98. The molecule has 190 valence electrons. The van der Waals surface area contributed by atoms with E-state index in [4.69, 9.17) is 26.8 Å². The van der Waals surface area contributed by atoms with Gasteiger partial charge in [0, 0.05) is 55.4 Å². The number of aryl methyl sites for hydroxylation is 1. The number of hydrogen-bond acceptors (Lipinski definition) is 9. The Bertz CT molecular complexity index is 1380. The van der Waals surface area contributed by atoms with E-state index in [1.807, 2.05) is 43.3 Å². The van der Waals surface area contributed by atoms with Crippen LogP contribution in [-0.2, 0) is 0 Å². The number of fused-ring (bicyclic) bond motifs is 1. The zero-order chi connectivity index (χ0) is 25.9. The van der Waals surface area contributed by atoms with Gasteiger partial charge in [-0.05, 0) is 24.6 Å². The second-order valence-electron chi connectivity index (χ2n) is 8.91. The Kier molecular flexibility index (Phi) is 7.15. The monoisotopic (exact) mass is 518 g/mol. The Morgan fingerprint density at radius 2 is 1.92 bits per heavy atom. The molecular formula is C27H27ClN6O3. The molecule has 1 unspecified atom stereocenters. The van der Waals surface area contributed by atoms with Gasteiger partial charge in [0.2, 0.25) is 11.8 Å². The Morgan fingerprint density at radius 3 is 2.65 bits per heavy atom. The highest BCUT2D eigenvalue weighted by molar-refractivity contribution is 6.31. The van der Waals surface area contributed by atoms with Crippen LogP contribution < -0.4 is 20.1 Å². The van der Waals surface area contributed by atoms with Crippen LogP contribution in [0.2, 0.25) is 5.02 Å². The molecule has 0 aliphatic carbocycles. The molecular weight excluding hydrogens is 492 g/mol. The van der Waals surface area contributed by atoms with Crippen molar-refractivity contribution in [2.24, 2.45) is 5.73 Å². The molecule has 37 heavy (non-hydrogen) atoms. The first-order valence-corrected chi connectivity index (χ1v) is 12.4. The highest BCUT2D eigenvalue weighted by Gasteiger charge is 2.32. The second-order valence-corrected chi connectivity index (χ2v) is 9.32. The van der Waals surface area contributed by atoms with Crippen LogP contribution in [0.4, 0.5) is 5.82 Å². The summed E-state index contributed by atoms with van der Waals surface area (Å²) in [6.07, 6.45) is 0. The lowest BCUT2D eigenvalue weighted by Crippen LogP contribution is -2.47. The van der Waals surface area contributed by atoms with E-state index >= 15 is 0 Å². The van der Waals surface area contributed by atoms with Gasteiger partial charge in [0.1, 0.15) is 34.8 Å². The van der Waals surface area contributed by atoms with Gasteiger partial charge in [-0.1, -0.05) is 35.9 Å². The van der Waals surface area contributed by atoms with Crippen LogP contribution in [0.1, 0.15) is 22.9 Å². The van der Waals surface area contributed by atoms with Crippen molar-refractivity contribution in [2.75, 3.05) is 44.2 Å². The van der Waals surface area contributed by atoms with Crippen LogP contribution in [0.25, 0.3) is 0 Å². The van der Waals surface area contributed by atoms with Crippen LogP contribution in [0.15, 0.2) is 60.0 Å². The summed E-state index contributed by atoms with van der Waals surface area (Å²) < 4.78 is 11.9. The summed E-state index contributed by atoms with van der Waals surface area (Å²) >= 11 is 6.48. The van der Waals surface area contributed by atoms with Crippen LogP contribution in [0.5, 0.6) is 17.4 Å². The molecule has 1 fully saturated rings. The van der Waals surface area contributed by atoms with Gasteiger partial charge >= 0.3 is 0 Å². The van der Waals surface area contributed by atoms with Crippen LogP contribution >= 0.6 is 11.6 Å². The van der Waals surface area contributed by atoms with Crippen molar-refractivity contribution >= 4 is 17.4 Å². The lowest BCUT2D eigenvalue weighted by molar-refractivity contribution is 0.188. The minimum absolute atomic E-state index is 0.0394. The molecule has 0 radical (unpaired) electrons. The number of piperazine rings is 1. The number of β-amino-alcohol motifs (C(OH)–C–C–N with tert-alkyl or cyclic N) is 1. The Labute approximate surface area is 220 Å². The minimum atomic E-state index is -0.450. The predicted molar refractivity (Wildman–Crippen MR) is 140 cm³/mol. The third kappa shape index (κ3) is 5.18. The molecule has 1 aromatic heterocycles. The van der Waals surface area contributed by atoms with Crippen LogP contribution in [0, 0.1) is 18.3 Å². The molecule has 9 nitrogen and oxygen atoms in total. The molecule has 3 aromatic rings. The van der Waals surface area contributed by atoms with Crippen molar-refractivity contribution in [3.05, 3.63) is 82.0 Å². The molecule has 0 saturated carbocycles. The number of allylic oxidation sites excluding steroid dienone is 1. The predicted octanol–water partition coefficient (Wildman–Crippen LogP) is 3.56. The Balaban J connectivity index is 1.41. The summed E-state index contributed by atoms with van der Waals surface area (Å²) in [6, 6.07) is 16.8. The summed E-state index contributed by atoms with van der Waals surface area (Å²) in [7, 11) is 0. The zero-order valence-corrected chi connectivity index (χ0v) is 21.1. The molecule has 0 bridgehead atoms. The van der Waals surface area contributed by atoms with Crippen molar-refractivity contribution in [1.29, 1.82) is 5.26 Å². The molecule has 0 spiro atoms. The first kappa shape index (κ1) is 24.8. The fraction of sp³-hybridized carbons (Fsp3) is 0.296. The van der Waals surface area contributed by atoms with E-state index in [0.717, 1.165) is 43.1 Å². The van der Waals surface area contributed by atoms with Gasteiger partial charge in [-0.2, -0.15) is 10.2 Å². The standard InChI is InChI=1S/C27H27ClN6O3/c1-17-31-24(34-10-8-33(9-11-34)12-13-35)15-25(32-17)36-18-6-7-20-23(14-18)37-27(30)21(16-29)26(20)19-4-2-3-5-22(19)28/h2-7,14-15,26,35H,8-13,30H2,1H3. The summed E-state index contributed by atoms with van der Waals surface area (Å²) in [5.41, 5.74) is 8.00. The molecule has 3 heterocycles. The number of nitrogens with zero attached hydrogens (tertiary/aromatic N) is 5. The molecule has 1 atom stereocenters. The topological polar surface area (TPSA) is 121 Å². The van der Waals surface area contributed by atoms with Crippen LogP contribution in [0.3, 0.4) is 0 Å². The molecule has 3 N–H and O–H groups in total. The lowest BCUT2D eigenvalue weighted by Gasteiger charge is -2.35. The minimum Gasteiger partial charge on any atom is -0.440 e. The van der Waals surface area contributed by atoms with Crippen LogP contribution in [-0.4, -0.2) is 59.3 Å². The summed E-state index contributed by atoms with van der Waals surface area (Å²) in [5.74, 6) is 2.41. The van der Waals surface area contributed by atoms with Crippen molar-refractivity contribution in [1.82, 2.24) is 14.9 Å². The van der Waals surface area contributed by atoms with Gasteiger partial charge < -0.3 is 25.2 Å². The number of anilines is 1.